The molecule has 0 aliphatic carbocycles. The lowest BCUT2D eigenvalue weighted by molar-refractivity contribution is 0.699. The molecule has 2 aromatic rings. The molecule has 0 aliphatic heterocycles. The van der Waals surface area contributed by atoms with Gasteiger partial charge in [0.1, 0.15) is 5.82 Å². The molecule has 0 bridgehead atoms. The molecule has 2 aromatic heterocycles. The lowest BCUT2D eigenvalue weighted by Crippen LogP contribution is -2.05. The zero-order valence-corrected chi connectivity index (χ0v) is 9.14. The molecule has 0 atom stereocenters. The molecule has 4 heteroatoms. The Labute approximate surface area is 89.6 Å². The summed E-state index contributed by atoms with van der Waals surface area (Å²) in [4.78, 5) is 4.29. The van der Waals surface area contributed by atoms with E-state index in [9.17, 15) is 0 Å². The van der Waals surface area contributed by atoms with Gasteiger partial charge in [0.25, 0.3) is 0 Å². The van der Waals surface area contributed by atoms with Crippen LogP contribution >= 0.6 is 0 Å². The largest absolute Gasteiger partial charge is 0.346 e. The fourth-order valence-electron chi connectivity index (χ4n) is 1.61. The topological polar surface area (TPSA) is 34.8 Å². The van der Waals surface area contributed by atoms with Gasteiger partial charge in [-0.2, -0.15) is 0 Å². The standard InChI is InChI=1S/C11H16N4/c1-12-7-10-3-5-15(8-10)9-11-13-4-6-14(11)2/h3-6,8,12H,7,9H2,1-2H3. The van der Waals surface area contributed by atoms with Crippen molar-refractivity contribution < 1.29 is 0 Å². The summed E-state index contributed by atoms with van der Waals surface area (Å²) in [5.74, 6) is 1.07. The van der Waals surface area contributed by atoms with Crippen LogP contribution in [-0.2, 0) is 20.1 Å². The second-order valence-electron chi connectivity index (χ2n) is 3.68. The van der Waals surface area contributed by atoms with E-state index in [4.69, 9.17) is 0 Å². The summed E-state index contributed by atoms with van der Waals surface area (Å²) >= 11 is 0. The predicted molar refractivity (Wildman–Crippen MR) is 59.5 cm³/mol. The van der Waals surface area contributed by atoms with Crippen LogP contribution in [0.4, 0.5) is 0 Å². The van der Waals surface area contributed by atoms with E-state index in [1.54, 1.807) is 0 Å². The van der Waals surface area contributed by atoms with Gasteiger partial charge in [0.15, 0.2) is 0 Å². The van der Waals surface area contributed by atoms with Crippen LogP contribution in [0, 0.1) is 0 Å². The van der Waals surface area contributed by atoms with Crippen LogP contribution in [0.3, 0.4) is 0 Å². The second kappa shape index (κ2) is 4.31. The van der Waals surface area contributed by atoms with Crippen molar-refractivity contribution in [1.29, 1.82) is 0 Å². The third kappa shape index (κ3) is 2.27. The van der Waals surface area contributed by atoms with Gasteiger partial charge in [-0.1, -0.05) is 0 Å². The normalized spacial score (nSPS) is 10.8. The molecular weight excluding hydrogens is 188 g/mol. The predicted octanol–water partition coefficient (Wildman–Crippen LogP) is 0.989. The van der Waals surface area contributed by atoms with Crippen molar-refractivity contribution in [3.05, 3.63) is 42.2 Å². The minimum atomic E-state index is 0.827. The minimum Gasteiger partial charge on any atom is -0.346 e. The van der Waals surface area contributed by atoms with Crippen LogP contribution in [-0.4, -0.2) is 21.2 Å². The van der Waals surface area contributed by atoms with Gasteiger partial charge in [-0.05, 0) is 18.7 Å². The molecule has 15 heavy (non-hydrogen) atoms. The van der Waals surface area contributed by atoms with Crippen molar-refractivity contribution >= 4 is 0 Å². The quantitative estimate of drug-likeness (QED) is 0.806. The molecule has 0 saturated heterocycles. The first kappa shape index (κ1) is 9.98. The van der Waals surface area contributed by atoms with Gasteiger partial charge in [-0.25, -0.2) is 4.98 Å². The summed E-state index contributed by atoms with van der Waals surface area (Å²) in [6.07, 6.45) is 8.02. The third-order valence-electron chi connectivity index (χ3n) is 2.44. The van der Waals surface area contributed by atoms with Crippen LogP contribution in [0.1, 0.15) is 11.4 Å². The molecule has 1 N–H and O–H groups in total. The number of nitrogens with zero attached hydrogens (tertiary/aromatic N) is 3. The molecule has 0 aromatic carbocycles. The summed E-state index contributed by atoms with van der Waals surface area (Å²) in [7, 11) is 3.97. The average Bonchev–Trinajstić information content (AvgIpc) is 2.79. The molecule has 0 amide bonds. The maximum Gasteiger partial charge on any atom is 0.128 e. The Bertz CT molecular complexity index is 427. The Hall–Kier alpha value is -1.55. The zero-order valence-electron chi connectivity index (χ0n) is 9.14. The molecule has 0 spiro atoms. The van der Waals surface area contributed by atoms with Crippen molar-refractivity contribution in [2.45, 2.75) is 13.1 Å². The Balaban J connectivity index is 2.08. The van der Waals surface area contributed by atoms with E-state index in [1.165, 1.54) is 5.56 Å². The van der Waals surface area contributed by atoms with Crippen LogP contribution in [0.15, 0.2) is 30.9 Å². The Morgan fingerprint density at radius 1 is 1.40 bits per heavy atom. The average molecular weight is 204 g/mol. The molecular formula is C11H16N4. The second-order valence-corrected chi connectivity index (χ2v) is 3.68. The van der Waals surface area contributed by atoms with Gasteiger partial charge in [0, 0.05) is 38.4 Å². The molecule has 0 fully saturated rings. The Morgan fingerprint density at radius 2 is 2.27 bits per heavy atom. The minimum absolute atomic E-state index is 0.827. The molecule has 0 aliphatic rings. The Kier molecular flexibility index (Phi) is 2.87. The highest BCUT2D eigenvalue weighted by molar-refractivity contribution is 5.11. The van der Waals surface area contributed by atoms with Crippen molar-refractivity contribution in [2.24, 2.45) is 7.05 Å². The summed E-state index contributed by atoms with van der Waals surface area (Å²) in [6.45, 7) is 1.74. The van der Waals surface area contributed by atoms with Crippen molar-refractivity contribution in [2.75, 3.05) is 7.05 Å². The Morgan fingerprint density at radius 3 is 2.93 bits per heavy atom. The van der Waals surface area contributed by atoms with Gasteiger partial charge in [0.05, 0.1) is 6.54 Å². The van der Waals surface area contributed by atoms with Crippen molar-refractivity contribution in [1.82, 2.24) is 19.4 Å². The number of nitrogens with one attached hydrogen (secondary N) is 1. The highest BCUT2D eigenvalue weighted by atomic mass is 15.1. The van der Waals surface area contributed by atoms with Gasteiger partial charge in [0.2, 0.25) is 0 Å². The van der Waals surface area contributed by atoms with Gasteiger partial charge < -0.3 is 14.5 Å². The lowest BCUT2D eigenvalue weighted by Gasteiger charge is -2.02. The van der Waals surface area contributed by atoms with Crippen LogP contribution in [0.25, 0.3) is 0 Å². The molecule has 2 heterocycles. The lowest BCUT2D eigenvalue weighted by atomic mass is 10.3. The first-order valence-corrected chi connectivity index (χ1v) is 5.05. The van der Waals surface area contributed by atoms with Gasteiger partial charge >= 0.3 is 0 Å². The molecule has 80 valence electrons. The molecule has 4 nitrogen and oxygen atoms in total. The van der Waals surface area contributed by atoms with Crippen LogP contribution in [0.2, 0.25) is 0 Å². The summed E-state index contributed by atoms with van der Waals surface area (Å²) in [6, 6.07) is 2.12. The van der Waals surface area contributed by atoms with Crippen molar-refractivity contribution in [3.8, 4) is 0 Å². The fourth-order valence-corrected chi connectivity index (χ4v) is 1.61. The van der Waals surface area contributed by atoms with E-state index in [0.717, 1.165) is 18.9 Å². The SMILES string of the molecule is CNCc1ccn(Cc2nccn2C)c1. The van der Waals surface area contributed by atoms with Crippen LogP contribution in [0.5, 0.6) is 0 Å². The molecule has 0 saturated carbocycles. The summed E-state index contributed by atoms with van der Waals surface area (Å²) in [5.41, 5.74) is 1.30. The van der Waals surface area contributed by atoms with Crippen LogP contribution < -0.4 is 5.32 Å². The maximum atomic E-state index is 4.29. The monoisotopic (exact) mass is 204 g/mol. The third-order valence-corrected chi connectivity index (χ3v) is 2.44. The maximum absolute atomic E-state index is 4.29. The number of aromatic nitrogens is 3. The zero-order chi connectivity index (χ0) is 10.7. The van der Waals surface area contributed by atoms with Crippen molar-refractivity contribution in [3.63, 3.8) is 0 Å². The summed E-state index contributed by atoms with van der Waals surface area (Å²) < 4.78 is 4.19. The van der Waals surface area contributed by atoms with Gasteiger partial charge in [-0.3, -0.25) is 0 Å². The molecule has 2 rings (SSSR count). The number of aryl methyl sites for hydroxylation is 1. The number of hydrogen-bond acceptors (Lipinski definition) is 2. The number of hydrogen-bond donors (Lipinski definition) is 1. The van der Waals surface area contributed by atoms with E-state index < -0.39 is 0 Å². The fraction of sp³-hybridized carbons (Fsp3) is 0.364. The molecule has 0 unspecified atom stereocenters. The highest BCUT2D eigenvalue weighted by Gasteiger charge is 2.01. The summed E-state index contributed by atoms with van der Waals surface area (Å²) in [5, 5.41) is 3.13. The van der Waals surface area contributed by atoms with E-state index in [2.05, 4.69) is 33.3 Å². The first-order chi connectivity index (χ1) is 7.29. The smallest absolute Gasteiger partial charge is 0.128 e. The van der Waals surface area contributed by atoms with E-state index >= 15 is 0 Å². The number of rotatable bonds is 4. The number of imidazole rings is 1. The highest BCUT2D eigenvalue weighted by Crippen LogP contribution is 2.04. The first-order valence-electron chi connectivity index (χ1n) is 5.05. The molecule has 0 radical (unpaired) electrons. The van der Waals surface area contributed by atoms with Gasteiger partial charge in [-0.15, -0.1) is 0 Å². The van der Waals surface area contributed by atoms with E-state index in [0.29, 0.717) is 0 Å². The van der Waals surface area contributed by atoms with E-state index in [1.807, 2.05) is 31.1 Å². The van der Waals surface area contributed by atoms with E-state index in [-0.39, 0.29) is 0 Å².